The van der Waals surface area contributed by atoms with Crippen molar-refractivity contribution in [3.8, 4) is 0 Å². The third kappa shape index (κ3) is 5.19. The van der Waals surface area contributed by atoms with Gasteiger partial charge in [0.1, 0.15) is 0 Å². The second kappa shape index (κ2) is 8.27. The molecule has 0 spiro atoms. The minimum absolute atomic E-state index is 0.624. The molecule has 1 aromatic heterocycles. The fourth-order valence-corrected chi connectivity index (χ4v) is 1.84. The Morgan fingerprint density at radius 1 is 1.44 bits per heavy atom. The van der Waals surface area contributed by atoms with Gasteiger partial charge in [-0.2, -0.15) is 0 Å². The van der Waals surface area contributed by atoms with Gasteiger partial charge in [0.05, 0.1) is 12.0 Å². The lowest BCUT2D eigenvalue weighted by molar-refractivity contribution is 0.265. The first-order valence-corrected chi connectivity index (χ1v) is 7.05. The summed E-state index contributed by atoms with van der Waals surface area (Å²) < 4.78 is 2.26. The predicted molar refractivity (Wildman–Crippen MR) is 76.6 cm³/mol. The molecule has 1 rings (SSSR count). The summed E-state index contributed by atoms with van der Waals surface area (Å²) in [5.41, 5.74) is 1.29. The zero-order chi connectivity index (χ0) is 13.4. The van der Waals surface area contributed by atoms with Gasteiger partial charge in [0.2, 0.25) is 0 Å². The summed E-state index contributed by atoms with van der Waals surface area (Å²) in [7, 11) is 2.18. The maximum absolute atomic E-state index is 4.24. The number of hydrogen-bond acceptors (Lipinski definition) is 3. The van der Waals surface area contributed by atoms with Crippen LogP contribution in [0.4, 0.5) is 0 Å². The topological polar surface area (TPSA) is 33.1 Å². The van der Waals surface area contributed by atoms with Gasteiger partial charge in [-0.15, -0.1) is 0 Å². The average Bonchev–Trinajstić information content (AvgIpc) is 2.77. The molecular formula is C14H28N4. The number of aromatic nitrogens is 2. The summed E-state index contributed by atoms with van der Waals surface area (Å²) in [6.07, 6.45) is 6.26. The molecule has 0 saturated carbocycles. The van der Waals surface area contributed by atoms with E-state index in [4.69, 9.17) is 0 Å². The van der Waals surface area contributed by atoms with Gasteiger partial charge in [-0.3, -0.25) is 0 Å². The second-order valence-corrected chi connectivity index (χ2v) is 5.18. The van der Waals surface area contributed by atoms with E-state index in [1.807, 2.05) is 12.5 Å². The lowest BCUT2D eigenvalue weighted by Crippen LogP contribution is -2.28. The monoisotopic (exact) mass is 252 g/mol. The van der Waals surface area contributed by atoms with E-state index < -0.39 is 0 Å². The molecule has 0 radical (unpaired) electrons. The van der Waals surface area contributed by atoms with Gasteiger partial charge in [-0.05, 0) is 46.8 Å². The molecule has 1 heterocycles. The van der Waals surface area contributed by atoms with Crippen LogP contribution in [0, 0.1) is 0 Å². The van der Waals surface area contributed by atoms with Crippen molar-refractivity contribution in [1.82, 2.24) is 19.8 Å². The van der Waals surface area contributed by atoms with Crippen LogP contribution in [0.5, 0.6) is 0 Å². The molecule has 0 atom stereocenters. The third-order valence-electron chi connectivity index (χ3n) is 3.32. The number of rotatable bonds is 9. The molecule has 1 aromatic rings. The Bertz CT molecular complexity index is 319. The molecule has 0 aliphatic heterocycles. The Hall–Kier alpha value is -0.870. The zero-order valence-electron chi connectivity index (χ0n) is 12.3. The van der Waals surface area contributed by atoms with Crippen molar-refractivity contribution in [2.45, 2.75) is 52.7 Å². The predicted octanol–water partition coefficient (Wildman–Crippen LogP) is 2.11. The van der Waals surface area contributed by atoms with Gasteiger partial charge in [0.25, 0.3) is 0 Å². The molecule has 4 heteroatoms. The minimum atomic E-state index is 0.624. The molecule has 0 aliphatic carbocycles. The maximum Gasteiger partial charge on any atom is 0.0948 e. The van der Waals surface area contributed by atoms with Crippen molar-refractivity contribution >= 4 is 0 Å². The van der Waals surface area contributed by atoms with Gasteiger partial charge in [0.15, 0.2) is 0 Å². The van der Waals surface area contributed by atoms with Crippen molar-refractivity contribution < 1.29 is 0 Å². The van der Waals surface area contributed by atoms with E-state index in [9.17, 15) is 0 Å². The van der Waals surface area contributed by atoms with Gasteiger partial charge in [-0.25, -0.2) is 4.98 Å². The average molecular weight is 252 g/mol. The van der Waals surface area contributed by atoms with E-state index in [1.54, 1.807) is 0 Å². The molecule has 4 nitrogen and oxygen atoms in total. The number of hydrogen-bond donors (Lipinski definition) is 1. The van der Waals surface area contributed by atoms with Crippen LogP contribution in [0.1, 0.15) is 39.3 Å². The summed E-state index contributed by atoms with van der Waals surface area (Å²) >= 11 is 0. The van der Waals surface area contributed by atoms with Crippen molar-refractivity contribution in [3.05, 3.63) is 18.2 Å². The van der Waals surface area contributed by atoms with Gasteiger partial charge in [-0.1, -0.05) is 6.92 Å². The summed E-state index contributed by atoms with van der Waals surface area (Å²) in [6.45, 7) is 10.8. The molecule has 0 aromatic carbocycles. The number of aryl methyl sites for hydroxylation is 1. The van der Waals surface area contributed by atoms with Crippen molar-refractivity contribution in [1.29, 1.82) is 0 Å². The molecular weight excluding hydrogens is 224 g/mol. The highest BCUT2D eigenvalue weighted by molar-refractivity contribution is 4.97. The molecule has 0 fully saturated rings. The van der Waals surface area contributed by atoms with Crippen molar-refractivity contribution in [2.75, 3.05) is 20.1 Å². The minimum Gasteiger partial charge on any atom is -0.333 e. The van der Waals surface area contributed by atoms with Crippen LogP contribution in [0.15, 0.2) is 12.5 Å². The maximum atomic E-state index is 4.24. The molecule has 104 valence electrons. The van der Waals surface area contributed by atoms with Crippen LogP contribution in [0.3, 0.4) is 0 Å². The highest BCUT2D eigenvalue weighted by Gasteiger charge is 2.04. The number of nitrogens with zero attached hydrogens (tertiary/aromatic N) is 3. The van der Waals surface area contributed by atoms with Crippen molar-refractivity contribution in [3.63, 3.8) is 0 Å². The van der Waals surface area contributed by atoms with Crippen LogP contribution < -0.4 is 5.32 Å². The van der Waals surface area contributed by atoms with Gasteiger partial charge in [0, 0.05) is 25.3 Å². The van der Waals surface area contributed by atoms with E-state index in [-0.39, 0.29) is 0 Å². The highest BCUT2D eigenvalue weighted by atomic mass is 15.1. The van der Waals surface area contributed by atoms with Crippen LogP contribution >= 0.6 is 0 Å². The van der Waals surface area contributed by atoms with E-state index in [2.05, 4.69) is 47.6 Å². The van der Waals surface area contributed by atoms with Crippen LogP contribution in [-0.4, -0.2) is 40.6 Å². The summed E-state index contributed by atoms with van der Waals surface area (Å²) in [4.78, 5) is 6.62. The lowest BCUT2D eigenvalue weighted by atomic mass is 10.3. The highest BCUT2D eigenvalue weighted by Crippen LogP contribution is 2.02. The fraction of sp³-hybridized carbons (Fsp3) is 0.786. The molecule has 0 saturated heterocycles. The molecule has 0 amide bonds. The van der Waals surface area contributed by atoms with Crippen LogP contribution in [0.2, 0.25) is 0 Å². The first kappa shape index (κ1) is 15.2. The van der Waals surface area contributed by atoms with Crippen LogP contribution in [0.25, 0.3) is 0 Å². The summed E-state index contributed by atoms with van der Waals surface area (Å²) in [5, 5.41) is 3.42. The molecule has 1 N–H and O–H groups in total. The second-order valence-electron chi connectivity index (χ2n) is 5.18. The fourth-order valence-electron chi connectivity index (χ4n) is 1.84. The summed E-state index contributed by atoms with van der Waals surface area (Å²) in [5.74, 6) is 0. The Balaban J connectivity index is 2.31. The third-order valence-corrected chi connectivity index (χ3v) is 3.32. The van der Waals surface area contributed by atoms with E-state index in [0.717, 1.165) is 26.2 Å². The summed E-state index contributed by atoms with van der Waals surface area (Å²) in [6, 6.07) is 0.624. The Kier molecular flexibility index (Phi) is 6.98. The Labute approximate surface area is 111 Å². The van der Waals surface area contributed by atoms with E-state index in [0.29, 0.717) is 6.04 Å². The molecule has 18 heavy (non-hydrogen) atoms. The number of imidazole rings is 1. The standard InChI is InChI=1S/C14H28N4/c1-5-7-15-10-14-11-16-12-18(14)9-6-8-17(4)13(2)3/h11-13,15H,5-10H2,1-4H3. The van der Waals surface area contributed by atoms with E-state index in [1.165, 1.54) is 18.5 Å². The lowest BCUT2D eigenvalue weighted by Gasteiger charge is -2.21. The smallest absolute Gasteiger partial charge is 0.0948 e. The molecule has 0 bridgehead atoms. The van der Waals surface area contributed by atoms with E-state index >= 15 is 0 Å². The van der Waals surface area contributed by atoms with Gasteiger partial charge >= 0.3 is 0 Å². The largest absolute Gasteiger partial charge is 0.333 e. The quantitative estimate of drug-likeness (QED) is 0.683. The van der Waals surface area contributed by atoms with Crippen molar-refractivity contribution in [2.24, 2.45) is 0 Å². The number of nitrogens with one attached hydrogen (secondary N) is 1. The van der Waals surface area contributed by atoms with Crippen LogP contribution in [-0.2, 0) is 13.1 Å². The Morgan fingerprint density at radius 3 is 2.89 bits per heavy atom. The first-order valence-electron chi connectivity index (χ1n) is 7.05. The first-order chi connectivity index (χ1) is 8.65. The van der Waals surface area contributed by atoms with Gasteiger partial charge < -0.3 is 14.8 Å². The normalized spacial score (nSPS) is 11.7. The zero-order valence-corrected chi connectivity index (χ0v) is 12.3. The Morgan fingerprint density at radius 2 is 2.22 bits per heavy atom. The SMILES string of the molecule is CCCNCc1cncn1CCCN(C)C(C)C. The molecule has 0 unspecified atom stereocenters. The molecule has 0 aliphatic rings.